The van der Waals surface area contributed by atoms with Crippen LogP contribution in [0.4, 0.5) is 0 Å². The Morgan fingerprint density at radius 3 is 2.13 bits per heavy atom. The first-order valence-corrected chi connectivity index (χ1v) is 6.85. The summed E-state index contributed by atoms with van der Waals surface area (Å²) in [6.07, 6.45) is 1.19. The highest BCUT2D eigenvalue weighted by atomic mass is 35.5. The third kappa shape index (κ3) is 3.19. The lowest BCUT2D eigenvalue weighted by atomic mass is 10.1. The number of nitrogens with two attached hydrogens (primary N) is 1. The maximum Gasteiger partial charge on any atom is 0.151 e. The molecule has 0 aliphatic carbocycles. The molecule has 15 heavy (non-hydrogen) atoms. The topological polar surface area (TPSA) is 60.2 Å². The molecule has 0 amide bonds. The summed E-state index contributed by atoms with van der Waals surface area (Å²) in [6.45, 7) is 1.61. The lowest BCUT2D eigenvalue weighted by molar-refractivity contribution is 0.571. The van der Waals surface area contributed by atoms with Gasteiger partial charge in [-0.05, 0) is 24.6 Å². The summed E-state index contributed by atoms with van der Waals surface area (Å²) in [7, 11) is -3.12. The third-order valence-corrected chi connectivity index (χ3v) is 4.33. The van der Waals surface area contributed by atoms with Crippen molar-refractivity contribution in [3.8, 4) is 0 Å². The van der Waals surface area contributed by atoms with E-state index in [1.807, 2.05) is 0 Å². The molecule has 3 nitrogen and oxygen atoms in total. The fourth-order valence-corrected chi connectivity index (χ4v) is 2.04. The summed E-state index contributed by atoms with van der Waals surface area (Å²) in [4.78, 5) is 0. The van der Waals surface area contributed by atoms with Crippen molar-refractivity contribution >= 4 is 21.4 Å². The molecule has 0 fully saturated rings. The van der Waals surface area contributed by atoms with E-state index in [2.05, 4.69) is 0 Å². The molecule has 84 valence electrons. The Balaban J connectivity index is 2.95. The van der Waals surface area contributed by atoms with Gasteiger partial charge in [0.15, 0.2) is 9.84 Å². The van der Waals surface area contributed by atoms with E-state index in [1.165, 1.54) is 6.26 Å². The highest BCUT2D eigenvalue weighted by Gasteiger charge is 2.23. The molecule has 1 aromatic carbocycles. The van der Waals surface area contributed by atoms with Gasteiger partial charge in [-0.2, -0.15) is 0 Å². The second-order valence-electron chi connectivity index (χ2n) is 3.61. The minimum absolute atomic E-state index is 0.516. The zero-order chi connectivity index (χ0) is 11.6. The van der Waals surface area contributed by atoms with Gasteiger partial charge in [0.05, 0.1) is 5.25 Å². The number of rotatable bonds is 3. The molecule has 0 spiro atoms. The van der Waals surface area contributed by atoms with Crippen LogP contribution in [0.3, 0.4) is 0 Å². The number of halogens is 1. The molecule has 1 rings (SSSR count). The van der Waals surface area contributed by atoms with Crippen LogP contribution in [0.15, 0.2) is 24.3 Å². The fourth-order valence-electron chi connectivity index (χ4n) is 1.22. The second kappa shape index (κ2) is 4.51. The molecule has 2 N–H and O–H groups in total. The molecule has 0 saturated carbocycles. The monoisotopic (exact) mass is 247 g/mol. The maximum absolute atomic E-state index is 11.3. The summed E-state index contributed by atoms with van der Waals surface area (Å²) in [6, 6.07) is 6.37. The third-order valence-electron chi connectivity index (χ3n) is 2.44. The van der Waals surface area contributed by atoms with Crippen molar-refractivity contribution in [3.05, 3.63) is 34.9 Å². The maximum atomic E-state index is 11.3. The van der Waals surface area contributed by atoms with Gasteiger partial charge in [-0.1, -0.05) is 23.7 Å². The molecule has 0 bridgehead atoms. The van der Waals surface area contributed by atoms with Crippen molar-refractivity contribution in [1.82, 2.24) is 0 Å². The van der Waals surface area contributed by atoms with Gasteiger partial charge in [-0.3, -0.25) is 0 Å². The van der Waals surface area contributed by atoms with E-state index < -0.39 is 21.1 Å². The van der Waals surface area contributed by atoms with Gasteiger partial charge in [0.2, 0.25) is 0 Å². The van der Waals surface area contributed by atoms with Crippen LogP contribution < -0.4 is 5.73 Å². The van der Waals surface area contributed by atoms with Crippen LogP contribution >= 0.6 is 11.6 Å². The van der Waals surface area contributed by atoms with Gasteiger partial charge in [-0.25, -0.2) is 8.42 Å². The van der Waals surface area contributed by atoms with Crippen LogP contribution in [0.25, 0.3) is 0 Å². The van der Waals surface area contributed by atoms with Crippen LogP contribution in [-0.4, -0.2) is 19.9 Å². The van der Waals surface area contributed by atoms with Crippen LogP contribution in [0.5, 0.6) is 0 Å². The minimum atomic E-state index is -3.12. The van der Waals surface area contributed by atoms with E-state index in [-0.39, 0.29) is 0 Å². The fraction of sp³-hybridized carbons (Fsp3) is 0.400. The highest BCUT2D eigenvalue weighted by molar-refractivity contribution is 7.91. The minimum Gasteiger partial charge on any atom is -0.323 e. The molecule has 0 radical (unpaired) electrons. The predicted octanol–water partition coefficient (Wildman–Crippen LogP) is 1.77. The SMILES string of the molecule is C[C@H]([C@@H](N)c1ccc(Cl)cc1)S(C)(=O)=O. The van der Waals surface area contributed by atoms with Crippen LogP contribution in [0.1, 0.15) is 18.5 Å². The first-order valence-electron chi connectivity index (χ1n) is 4.52. The molecule has 0 unspecified atom stereocenters. The lowest BCUT2D eigenvalue weighted by Gasteiger charge is -2.18. The molecule has 0 aromatic heterocycles. The molecule has 5 heteroatoms. The quantitative estimate of drug-likeness (QED) is 0.886. The van der Waals surface area contributed by atoms with Crippen LogP contribution in [-0.2, 0) is 9.84 Å². The average molecular weight is 248 g/mol. The number of hydrogen-bond donors (Lipinski definition) is 1. The van der Waals surface area contributed by atoms with Crippen molar-refractivity contribution in [2.75, 3.05) is 6.26 Å². The average Bonchev–Trinajstić information content (AvgIpc) is 2.15. The van der Waals surface area contributed by atoms with Crippen molar-refractivity contribution in [2.24, 2.45) is 5.73 Å². The Kier molecular flexibility index (Phi) is 3.76. The Labute approximate surface area is 95.2 Å². The van der Waals surface area contributed by atoms with Crippen molar-refractivity contribution in [3.63, 3.8) is 0 Å². The number of sulfone groups is 1. The summed E-state index contributed by atoms with van der Waals surface area (Å²) in [5.41, 5.74) is 6.63. The van der Waals surface area contributed by atoms with Gasteiger partial charge in [-0.15, -0.1) is 0 Å². The van der Waals surface area contributed by atoms with Gasteiger partial charge < -0.3 is 5.73 Å². The molecule has 0 saturated heterocycles. The van der Waals surface area contributed by atoms with Crippen molar-refractivity contribution < 1.29 is 8.42 Å². The number of benzene rings is 1. The van der Waals surface area contributed by atoms with Gasteiger partial charge in [0, 0.05) is 17.3 Å². The Bertz CT molecular complexity index is 427. The summed E-state index contributed by atoms with van der Waals surface area (Å²) in [5.74, 6) is 0. The standard InChI is InChI=1S/C10H14ClNO2S/c1-7(15(2,13)14)10(12)8-3-5-9(11)6-4-8/h3-7,10H,12H2,1-2H3/t7-,10-/m1/s1. The smallest absolute Gasteiger partial charge is 0.151 e. The highest BCUT2D eigenvalue weighted by Crippen LogP contribution is 2.20. The second-order valence-corrected chi connectivity index (χ2v) is 6.45. The summed E-state index contributed by atoms with van der Waals surface area (Å²) < 4.78 is 22.6. The Morgan fingerprint density at radius 2 is 1.73 bits per heavy atom. The van der Waals surface area contributed by atoms with E-state index in [0.29, 0.717) is 5.02 Å². The number of hydrogen-bond acceptors (Lipinski definition) is 3. The molecule has 0 aliphatic heterocycles. The first kappa shape index (κ1) is 12.5. The largest absolute Gasteiger partial charge is 0.323 e. The zero-order valence-electron chi connectivity index (χ0n) is 8.64. The molecular formula is C10H14ClNO2S. The molecule has 1 aromatic rings. The normalized spacial score (nSPS) is 16.0. The van der Waals surface area contributed by atoms with Crippen LogP contribution in [0, 0.1) is 0 Å². The van der Waals surface area contributed by atoms with Crippen LogP contribution in [0.2, 0.25) is 5.02 Å². The van der Waals surface area contributed by atoms with Crippen molar-refractivity contribution in [1.29, 1.82) is 0 Å². The predicted molar refractivity (Wildman–Crippen MR) is 62.7 cm³/mol. The van der Waals surface area contributed by atoms with E-state index in [0.717, 1.165) is 5.56 Å². The van der Waals surface area contributed by atoms with Gasteiger partial charge >= 0.3 is 0 Å². The Morgan fingerprint density at radius 1 is 1.27 bits per heavy atom. The summed E-state index contributed by atoms with van der Waals surface area (Å²) >= 11 is 5.73. The Hall–Kier alpha value is -0.580. The van der Waals surface area contributed by atoms with E-state index in [1.54, 1.807) is 31.2 Å². The van der Waals surface area contributed by atoms with E-state index >= 15 is 0 Å². The van der Waals surface area contributed by atoms with Gasteiger partial charge in [0.25, 0.3) is 0 Å². The van der Waals surface area contributed by atoms with E-state index in [9.17, 15) is 8.42 Å². The first-order chi connectivity index (χ1) is 6.82. The summed E-state index contributed by atoms with van der Waals surface area (Å²) in [5, 5.41) is 0.0108. The molecule has 2 atom stereocenters. The van der Waals surface area contributed by atoms with Crippen molar-refractivity contribution in [2.45, 2.75) is 18.2 Å². The molecule has 0 aliphatic rings. The molecule has 0 heterocycles. The van der Waals surface area contributed by atoms with Gasteiger partial charge in [0.1, 0.15) is 0 Å². The zero-order valence-corrected chi connectivity index (χ0v) is 10.2. The lowest BCUT2D eigenvalue weighted by Crippen LogP contribution is -2.30. The molecular weight excluding hydrogens is 234 g/mol. The van der Waals surface area contributed by atoms with E-state index in [4.69, 9.17) is 17.3 Å².